The van der Waals surface area contributed by atoms with Crippen LogP contribution < -0.4 is 0 Å². The molecule has 1 aromatic carbocycles. The van der Waals surface area contributed by atoms with Gasteiger partial charge in [0.15, 0.2) is 11.5 Å². The van der Waals surface area contributed by atoms with Gasteiger partial charge >= 0.3 is 0 Å². The minimum Gasteiger partial charge on any atom is -0.286 e. The molecule has 0 spiro atoms. The first-order chi connectivity index (χ1) is 18.8. The van der Waals surface area contributed by atoms with E-state index in [2.05, 4.69) is 17.1 Å². The number of rotatable bonds is 6. The van der Waals surface area contributed by atoms with Gasteiger partial charge in [-0.3, -0.25) is 9.25 Å². The maximum absolute atomic E-state index is 15.5. The van der Waals surface area contributed by atoms with Gasteiger partial charge in [0, 0.05) is 34.3 Å². The standard InChI is InChI=1S/C30H27F2N7/c1-5-27(21-11-13-23(31)14-12-21)37-16-22(15-33-37)25-7-6-8-26(34-25)28-20(4)29-35-30(36-38(29)17-24(28)32)39-18(2)9-10-19(39)3/h6-17,27H,5H2,1-4H3. The molecule has 0 fully saturated rings. The average molecular weight is 524 g/mol. The van der Waals surface area contributed by atoms with E-state index in [0.717, 1.165) is 28.9 Å². The maximum atomic E-state index is 15.5. The lowest BCUT2D eigenvalue weighted by Crippen LogP contribution is -2.10. The van der Waals surface area contributed by atoms with Crippen LogP contribution in [0.25, 0.3) is 34.1 Å². The van der Waals surface area contributed by atoms with Crippen LogP contribution in [-0.2, 0) is 0 Å². The number of pyridine rings is 2. The number of aromatic nitrogens is 7. The fourth-order valence-corrected chi connectivity index (χ4v) is 5.15. The molecule has 0 aliphatic heterocycles. The molecule has 6 aromatic rings. The molecule has 0 saturated heterocycles. The Balaban J connectivity index is 1.38. The van der Waals surface area contributed by atoms with Gasteiger partial charge in [0.2, 0.25) is 0 Å². The van der Waals surface area contributed by atoms with Crippen molar-refractivity contribution in [2.45, 2.75) is 40.2 Å². The fourth-order valence-electron chi connectivity index (χ4n) is 5.15. The molecule has 7 nitrogen and oxygen atoms in total. The summed E-state index contributed by atoms with van der Waals surface area (Å²) in [6.45, 7) is 7.86. The van der Waals surface area contributed by atoms with Gasteiger partial charge in [0.25, 0.3) is 5.95 Å². The Kier molecular flexibility index (Phi) is 6.06. The zero-order valence-electron chi connectivity index (χ0n) is 22.1. The summed E-state index contributed by atoms with van der Waals surface area (Å²) in [6.07, 6.45) is 5.80. The first kappa shape index (κ1) is 24.7. The predicted octanol–water partition coefficient (Wildman–Crippen LogP) is 6.65. The number of fused-ring (bicyclic) bond motifs is 1. The van der Waals surface area contributed by atoms with E-state index in [0.29, 0.717) is 34.1 Å². The lowest BCUT2D eigenvalue weighted by atomic mass is 10.0. The van der Waals surface area contributed by atoms with Crippen LogP contribution in [0.3, 0.4) is 0 Å². The zero-order valence-corrected chi connectivity index (χ0v) is 22.1. The van der Waals surface area contributed by atoms with Crippen molar-refractivity contribution in [3.8, 4) is 28.5 Å². The van der Waals surface area contributed by atoms with E-state index in [1.807, 2.05) is 60.5 Å². The van der Waals surface area contributed by atoms with Crippen molar-refractivity contribution in [3.05, 3.63) is 107 Å². The number of halogens is 2. The summed E-state index contributed by atoms with van der Waals surface area (Å²) >= 11 is 0. The Hall–Kier alpha value is -4.66. The molecular weight excluding hydrogens is 496 g/mol. The number of nitrogens with zero attached hydrogens (tertiary/aromatic N) is 7. The van der Waals surface area contributed by atoms with Crippen LogP contribution in [0.1, 0.15) is 41.9 Å². The molecule has 5 heterocycles. The van der Waals surface area contributed by atoms with Crippen LogP contribution in [0.15, 0.2) is 73.2 Å². The molecule has 0 aliphatic rings. The van der Waals surface area contributed by atoms with E-state index < -0.39 is 5.82 Å². The molecule has 0 bridgehead atoms. The fraction of sp³-hybridized carbons (Fsp3) is 0.200. The van der Waals surface area contributed by atoms with Crippen molar-refractivity contribution in [2.24, 2.45) is 0 Å². The first-order valence-electron chi connectivity index (χ1n) is 12.8. The molecule has 0 N–H and O–H groups in total. The smallest absolute Gasteiger partial charge is 0.254 e. The Labute approximate surface area is 224 Å². The Bertz CT molecular complexity index is 1790. The van der Waals surface area contributed by atoms with Crippen molar-refractivity contribution >= 4 is 5.65 Å². The van der Waals surface area contributed by atoms with Crippen molar-refractivity contribution in [1.29, 1.82) is 0 Å². The lowest BCUT2D eigenvalue weighted by molar-refractivity contribution is 0.508. The third-order valence-corrected chi connectivity index (χ3v) is 7.14. The molecule has 0 radical (unpaired) electrons. The van der Waals surface area contributed by atoms with E-state index in [9.17, 15) is 4.39 Å². The topological polar surface area (TPSA) is 65.8 Å². The van der Waals surface area contributed by atoms with Gasteiger partial charge in [0.05, 0.1) is 29.8 Å². The molecule has 9 heteroatoms. The van der Waals surface area contributed by atoms with Gasteiger partial charge in [-0.1, -0.05) is 25.1 Å². The molecule has 196 valence electrons. The molecular formula is C30H27F2N7. The van der Waals surface area contributed by atoms with Crippen LogP contribution in [0.5, 0.6) is 0 Å². The van der Waals surface area contributed by atoms with Gasteiger partial charge in [-0.05, 0) is 69.2 Å². The highest BCUT2D eigenvalue weighted by molar-refractivity contribution is 5.73. The van der Waals surface area contributed by atoms with E-state index in [1.165, 1.54) is 22.8 Å². The number of hydrogen-bond acceptors (Lipinski definition) is 4. The van der Waals surface area contributed by atoms with Crippen molar-refractivity contribution in [3.63, 3.8) is 0 Å². The molecule has 1 unspecified atom stereocenters. The summed E-state index contributed by atoms with van der Waals surface area (Å²) in [4.78, 5) is 9.54. The highest BCUT2D eigenvalue weighted by Gasteiger charge is 2.20. The van der Waals surface area contributed by atoms with Crippen molar-refractivity contribution in [1.82, 2.24) is 33.9 Å². The number of benzene rings is 1. The Morgan fingerprint density at radius 1 is 0.846 bits per heavy atom. The van der Waals surface area contributed by atoms with Crippen LogP contribution in [0.2, 0.25) is 0 Å². The van der Waals surface area contributed by atoms with Crippen LogP contribution >= 0.6 is 0 Å². The minimum atomic E-state index is -0.430. The second-order valence-corrected chi connectivity index (χ2v) is 9.70. The van der Waals surface area contributed by atoms with Crippen molar-refractivity contribution < 1.29 is 8.78 Å². The normalized spacial score (nSPS) is 12.4. The first-order valence-corrected chi connectivity index (χ1v) is 12.8. The summed E-state index contributed by atoms with van der Waals surface area (Å²) in [6, 6.07) is 16.0. The van der Waals surface area contributed by atoms with Gasteiger partial charge < -0.3 is 0 Å². The van der Waals surface area contributed by atoms with Gasteiger partial charge in [0.1, 0.15) is 5.82 Å². The van der Waals surface area contributed by atoms with E-state index in [4.69, 9.17) is 9.97 Å². The maximum Gasteiger partial charge on any atom is 0.254 e. The van der Waals surface area contributed by atoms with Crippen LogP contribution in [0.4, 0.5) is 8.78 Å². The van der Waals surface area contributed by atoms with E-state index >= 15 is 4.39 Å². The highest BCUT2D eigenvalue weighted by Crippen LogP contribution is 2.31. The predicted molar refractivity (Wildman–Crippen MR) is 146 cm³/mol. The molecule has 6 rings (SSSR count). The average Bonchev–Trinajstić information content (AvgIpc) is 3.65. The van der Waals surface area contributed by atoms with E-state index in [1.54, 1.807) is 24.4 Å². The summed E-state index contributed by atoms with van der Waals surface area (Å²) < 4.78 is 34.2. The second-order valence-electron chi connectivity index (χ2n) is 9.70. The molecule has 0 saturated carbocycles. The lowest BCUT2D eigenvalue weighted by Gasteiger charge is -2.16. The van der Waals surface area contributed by atoms with Gasteiger partial charge in [-0.15, -0.1) is 5.10 Å². The Morgan fingerprint density at radius 2 is 1.56 bits per heavy atom. The zero-order chi connectivity index (χ0) is 27.3. The quantitative estimate of drug-likeness (QED) is 0.245. The minimum absolute atomic E-state index is 0.0423. The number of hydrogen-bond donors (Lipinski definition) is 0. The summed E-state index contributed by atoms with van der Waals surface area (Å²) in [7, 11) is 0. The van der Waals surface area contributed by atoms with Crippen molar-refractivity contribution in [2.75, 3.05) is 0 Å². The molecule has 39 heavy (non-hydrogen) atoms. The largest absolute Gasteiger partial charge is 0.286 e. The SMILES string of the molecule is CCC(c1ccc(F)cc1)n1cc(-c2cccc(-c3c(F)cn4nc(-n5c(C)ccc5C)nc4c3C)n2)cn1. The monoisotopic (exact) mass is 523 g/mol. The highest BCUT2D eigenvalue weighted by atomic mass is 19.1. The third kappa shape index (κ3) is 4.29. The molecule has 0 aliphatic carbocycles. The number of aryl methyl sites for hydroxylation is 3. The van der Waals surface area contributed by atoms with Crippen LogP contribution in [0, 0.1) is 32.4 Å². The molecule has 0 amide bonds. The second kappa shape index (κ2) is 9.58. The third-order valence-electron chi connectivity index (χ3n) is 7.14. The molecule has 5 aromatic heterocycles. The summed E-state index contributed by atoms with van der Waals surface area (Å²) in [5.41, 5.74) is 6.56. The van der Waals surface area contributed by atoms with Gasteiger partial charge in [-0.2, -0.15) is 10.1 Å². The van der Waals surface area contributed by atoms with Gasteiger partial charge in [-0.25, -0.2) is 18.3 Å². The van der Waals surface area contributed by atoms with Crippen LogP contribution in [-0.4, -0.2) is 33.9 Å². The Morgan fingerprint density at radius 3 is 2.28 bits per heavy atom. The summed E-state index contributed by atoms with van der Waals surface area (Å²) in [5, 5.41) is 9.10. The van der Waals surface area contributed by atoms with E-state index in [-0.39, 0.29) is 11.9 Å². The molecule has 1 atom stereocenters. The summed E-state index contributed by atoms with van der Waals surface area (Å²) in [5.74, 6) is -0.204.